The van der Waals surface area contributed by atoms with E-state index in [4.69, 9.17) is 0 Å². The van der Waals surface area contributed by atoms with Crippen LogP contribution in [0.15, 0.2) is 60.7 Å². The van der Waals surface area contributed by atoms with Crippen LogP contribution in [-0.2, 0) is 4.79 Å². The first kappa shape index (κ1) is 16.9. The molecular formula is C19H16N2O3S. The Balaban J connectivity index is 1.86. The van der Waals surface area contributed by atoms with Crippen LogP contribution in [-0.4, -0.2) is 22.0 Å². The first-order valence-electron chi connectivity index (χ1n) is 7.67. The number of thiazole rings is 1. The third kappa shape index (κ3) is 3.75. The maximum atomic E-state index is 12.6. The molecular weight excluding hydrogens is 336 g/mol. The van der Waals surface area contributed by atoms with Crippen molar-refractivity contribution in [3.05, 3.63) is 76.8 Å². The molecule has 1 heterocycles. The highest BCUT2D eigenvalue weighted by atomic mass is 32.1. The predicted molar refractivity (Wildman–Crippen MR) is 96.6 cm³/mol. The van der Waals surface area contributed by atoms with Gasteiger partial charge < -0.3 is 10.4 Å². The van der Waals surface area contributed by atoms with E-state index < -0.39 is 17.9 Å². The number of rotatable bonds is 5. The first-order chi connectivity index (χ1) is 12.1. The summed E-state index contributed by atoms with van der Waals surface area (Å²) in [4.78, 5) is 29.0. The molecule has 1 aromatic heterocycles. The number of hydrogen-bond acceptors (Lipinski definition) is 4. The number of benzene rings is 2. The van der Waals surface area contributed by atoms with Gasteiger partial charge in [0.2, 0.25) is 0 Å². The Bertz CT molecular complexity index is 892. The van der Waals surface area contributed by atoms with Crippen molar-refractivity contribution in [3.63, 3.8) is 0 Å². The van der Waals surface area contributed by atoms with Crippen LogP contribution in [0.5, 0.6) is 0 Å². The average Bonchev–Trinajstić information content (AvgIpc) is 3.02. The zero-order chi connectivity index (χ0) is 17.8. The smallest absolute Gasteiger partial charge is 0.330 e. The lowest BCUT2D eigenvalue weighted by Crippen LogP contribution is -2.33. The molecule has 0 fully saturated rings. The molecule has 6 heteroatoms. The topological polar surface area (TPSA) is 79.3 Å². The minimum Gasteiger partial charge on any atom is -0.479 e. The number of carboxylic acid groups (broad SMARTS) is 1. The van der Waals surface area contributed by atoms with E-state index in [1.54, 1.807) is 37.3 Å². The lowest BCUT2D eigenvalue weighted by Gasteiger charge is -2.14. The largest absolute Gasteiger partial charge is 0.479 e. The molecule has 3 rings (SSSR count). The molecule has 1 amide bonds. The van der Waals surface area contributed by atoms with Gasteiger partial charge in [0, 0.05) is 5.56 Å². The maximum Gasteiger partial charge on any atom is 0.330 e. The van der Waals surface area contributed by atoms with Gasteiger partial charge in [-0.15, -0.1) is 11.3 Å². The number of hydrogen-bond donors (Lipinski definition) is 2. The first-order valence-corrected chi connectivity index (χ1v) is 8.49. The second kappa shape index (κ2) is 7.27. The van der Waals surface area contributed by atoms with Crippen LogP contribution in [0.3, 0.4) is 0 Å². The Morgan fingerprint density at radius 2 is 1.64 bits per heavy atom. The molecule has 0 saturated heterocycles. The number of carbonyl (C=O) groups is 2. The van der Waals surface area contributed by atoms with Gasteiger partial charge in [0.25, 0.3) is 5.91 Å². The van der Waals surface area contributed by atoms with Gasteiger partial charge in [0.15, 0.2) is 6.04 Å². The molecule has 25 heavy (non-hydrogen) atoms. The quantitative estimate of drug-likeness (QED) is 0.734. The number of aliphatic carboxylic acids is 1. The van der Waals surface area contributed by atoms with Crippen LogP contribution < -0.4 is 5.32 Å². The van der Waals surface area contributed by atoms with Crippen molar-refractivity contribution in [2.75, 3.05) is 0 Å². The summed E-state index contributed by atoms with van der Waals surface area (Å²) >= 11 is 1.25. The van der Waals surface area contributed by atoms with E-state index in [0.29, 0.717) is 16.1 Å². The number of carboxylic acids is 1. The summed E-state index contributed by atoms with van der Waals surface area (Å²) in [5.74, 6) is -1.54. The van der Waals surface area contributed by atoms with Crippen molar-refractivity contribution >= 4 is 23.2 Å². The van der Waals surface area contributed by atoms with E-state index >= 15 is 0 Å². The monoisotopic (exact) mass is 352 g/mol. The minimum absolute atomic E-state index is 0.418. The molecule has 0 bridgehead atoms. The van der Waals surface area contributed by atoms with Crippen molar-refractivity contribution in [2.24, 2.45) is 0 Å². The van der Waals surface area contributed by atoms with Gasteiger partial charge in [-0.25, -0.2) is 9.78 Å². The van der Waals surface area contributed by atoms with E-state index in [1.165, 1.54) is 11.3 Å². The molecule has 0 aliphatic heterocycles. The summed E-state index contributed by atoms with van der Waals surface area (Å²) in [5, 5.41) is 12.8. The Labute approximate surface area is 149 Å². The van der Waals surface area contributed by atoms with Crippen LogP contribution in [0.2, 0.25) is 0 Å². The highest BCUT2D eigenvalue weighted by Crippen LogP contribution is 2.28. The summed E-state index contributed by atoms with van der Waals surface area (Å²) in [6.07, 6.45) is 0. The summed E-state index contributed by atoms with van der Waals surface area (Å²) in [7, 11) is 0. The molecule has 0 saturated carbocycles. The van der Waals surface area contributed by atoms with Gasteiger partial charge in [0.1, 0.15) is 9.88 Å². The van der Waals surface area contributed by atoms with Crippen molar-refractivity contribution in [1.29, 1.82) is 0 Å². The van der Waals surface area contributed by atoms with Gasteiger partial charge >= 0.3 is 5.97 Å². The van der Waals surface area contributed by atoms with Crippen molar-refractivity contribution in [3.8, 4) is 10.6 Å². The standard InChI is InChI=1S/C19H16N2O3S/c1-12-16(25-18(20-12)14-10-6-3-7-11-14)17(22)21-15(19(23)24)13-8-4-2-5-9-13/h2-11,15H,1H3,(H,21,22)(H,23,24)/t15-/m1/s1. The third-order valence-corrected chi connectivity index (χ3v) is 4.88. The second-order valence-electron chi connectivity index (χ2n) is 5.45. The molecule has 5 nitrogen and oxygen atoms in total. The fourth-order valence-electron chi connectivity index (χ4n) is 2.44. The molecule has 3 aromatic rings. The Morgan fingerprint density at radius 1 is 1.04 bits per heavy atom. The van der Waals surface area contributed by atoms with Gasteiger partial charge in [-0.2, -0.15) is 0 Å². The predicted octanol–water partition coefficient (Wildman–Crippen LogP) is 3.67. The van der Waals surface area contributed by atoms with Gasteiger partial charge in [-0.3, -0.25) is 4.79 Å². The van der Waals surface area contributed by atoms with Crippen molar-refractivity contribution < 1.29 is 14.7 Å². The summed E-state index contributed by atoms with van der Waals surface area (Å²) in [5.41, 5.74) is 2.03. The van der Waals surface area contributed by atoms with Crippen molar-refractivity contribution in [1.82, 2.24) is 10.3 Å². The molecule has 0 radical (unpaired) electrons. The van der Waals surface area contributed by atoms with E-state index in [-0.39, 0.29) is 0 Å². The number of aromatic nitrogens is 1. The summed E-state index contributed by atoms with van der Waals surface area (Å²) in [6.45, 7) is 1.75. The molecule has 126 valence electrons. The highest BCUT2D eigenvalue weighted by Gasteiger charge is 2.25. The molecule has 2 aromatic carbocycles. The number of amides is 1. The zero-order valence-corrected chi connectivity index (χ0v) is 14.3. The maximum absolute atomic E-state index is 12.6. The van der Waals surface area contributed by atoms with Crippen LogP contribution >= 0.6 is 11.3 Å². The number of aryl methyl sites for hydroxylation is 1. The Hall–Kier alpha value is -2.99. The van der Waals surface area contributed by atoms with Crippen LogP contribution in [0, 0.1) is 6.92 Å². The van der Waals surface area contributed by atoms with Crippen LogP contribution in [0.1, 0.15) is 27.0 Å². The third-order valence-electron chi connectivity index (χ3n) is 3.68. The van der Waals surface area contributed by atoms with E-state index in [1.807, 2.05) is 30.3 Å². The normalized spacial score (nSPS) is 11.7. The highest BCUT2D eigenvalue weighted by molar-refractivity contribution is 7.17. The molecule has 2 N–H and O–H groups in total. The second-order valence-corrected chi connectivity index (χ2v) is 6.45. The molecule has 0 aliphatic rings. The lowest BCUT2D eigenvalue weighted by atomic mass is 10.1. The van der Waals surface area contributed by atoms with Crippen LogP contribution in [0.4, 0.5) is 0 Å². The molecule has 0 spiro atoms. The SMILES string of the molecule is Cc1nc(-c2ccccc2)sc1C(=O)N[C@@H](C(=O)O)c1ccccc1. The summed E-state index contributed by atoms with van der Waals surface area (Å²) in [6, 6.07) is 17.1. The fraction of sp³-hybridized carbons (Fsp3) is 0.105. The number of nitrogens with one attached hydrogen (secondary N) is 1. The Kier molecular flexibility index (Phi) is 4.90. The van der Waals surface area contributed by atoms with Gasteiger partial charge in [-0.1, -0.05) is 60.7 Å². The summed E-state index contributed by atoms with van der Waals surface area (Å²) < 4.78 is 0. The zero-order valence-electron chi connectivity index (χ0n) is 13.5. The number of carbonyl (C=O) groups excluding carboxylic acids is 1. The molecule has 0 aliphatic carbocycles. The minimum atomic E-state index is -1.11. The van der Waals surface area contributed by atoms with Crippen molar-refractivity contribution in [2.45, 2.75) is 13.0 Å². The molecule has 0 unspecified atom stereocenters. The Morgan fingerprint density at radius 3 is 2.24 bits per heavy atom. The van der Waals surface area contributed by atoms with E-state index in [9.17, 15) is 14.7 Å². The van der Waals surface area contributed by atoms with E-state index in [2.05, 4.69) is 10.3 Å². The van der Waals surface area contributed by atoms with Crippen LogP contribution in [0.25, 0.3) is 10.6 Å². The van der Waals surface area contributed by atoms with E-state index in [0.717, 1.165) is 10.6 Å². The average molecular weight is 352 g/mol. The number of nitrogens with zero attached hydrogens (tertiary/aromatic N) is 1. The van der Waals surface area contributed by atoms with Gasteiger partial charge in [0.05, 0.1) is 5.69 Å². The molecule has 1 atom stereocenters. The van der Waals surface area contributed by atoms with Gasteiger partial charge in [-0.05, 0) is 12.5 Å². The lowest BCUT2D eigenvalue weighted by molar-refractivity contribution is -0.139. The fourth-order valence-corrected chi connectivity index (χ4v) is 3.42.